The lowest BCUT2D eigenvalue weighted by atomic mass is 10.3. The number of hydrogen-bond acceptors (Lipinski definition) is 6. The van der Waals surface area contributed by atoms with E-state index in [9.17, 15) is 4.79 Å². The molecule has 0 atom stereocenters. The zero-order chi connectivity index (χ0) is 14.1. The van der Waals surface area contributed by atoms with Crippen LogP contribution in [0.2, 0.25) is 10.0 Å². The van der Waals surface area contributed by atoms with Crippen LogP contribution in [0.15, 0.2) is 32.3 Å². The molecule has 0 aromatic carbocycles. The maximum atomic E-state index is 11.8. The van der Waals surface area contributed by atoms with E-state index in [1.165, 1.54) is 17.5 Å². The summed E-state index contributed by atoms with van der Waals surface area (Å²) in [5.74, 6) is 0.730. The van der Waals surface area contributed by atoms with E-state index in [2.05, 4.69) is 15.2 Å². The van der Waals surface area contributed by atoms with Crippen molar-refractivity contribution in [1.82, 2.24) is 19.9 Å². The number of rotatable bonds is 3. The van der Waals surface area contributed by atoms with Gasteiger partial charge in [0.15, 0.2) is 5.82 Å². The first-order chi connectivity index (χ1) is 9.65. The summed E-state index contributed by atoms with van der Waals surface area (Å²) in [6.45, 7) is 0.0589. The Balaban J connectivity index is 1.89. The van der Waals surface area contributed by atoms with Gasteiger partial charge >= 0.3 is 0 Å². The maximum Gasteiger partial charge on any atom is 0.287 e. The standard InChI is InChI=1S/C11H6Cl2N4O2S/c12-7-3-14-17(11(18)9(7)13)4-8-15-10(19-16-8)6-1-2-20-5-6/h1-3,5H,4H2. The Kier molecular flexibility index (Phi) is 3.56. The van der Waals surface area contributed by atoms with Crippen LogP contribution in [0.1, 0.15) is 5.82 Å². The highest BCUT2D eigenvalue weighted by Crippen LogP contribution is 2.20. The number of hydrogen-bond donors (Lipinski definition) is 0. The molecule has 3 heterocycles. The fourth-order valence-electron chi connectivity index (χ4n) is 1.51. The van der Waals surface area contributed by atoms with Gasteiger partial charge in [-0.25, -0.2) is 4.68 Å². The SMILES string of the molecule is O=c1c(Cl)c(Cl)cnn1Cc1noc(-c2ccsc2)n1. The third-order valence-corrected chi connectivity index (χ3v) is 3.90. The Labute approximate surface area is 126 Å². The summed E-state index contributed by atoms with van der Waals surface area (Å²) in [6, 6.07) is 1.87. The van der Waals surface area contributed by atoms with Crippen LogP contribution in [-0.2, 0) is 6.54 Å². The second-order valence-corrected chi connectivity index (χ2v) is 5.36. The van der Waals surface area contributed by atoms with E-state index in [0.29, 0.717) is 11.7 Å². The van der Waals surface area contributed by atoms with Gasteiger partial charge in [-0.2, -0.15) is 21.4 Å². The molecule has 3 aromatic heterocycles. The van der Waals surface area contributed by atoms with Gasteiger partial charge < -0.3 is 4.52 Å². The quantitative estimate of drug-likeness (QED) is 0.739. The van der Waals surface area contributed by atoms with E-state index in [4.69, 9.17) is 27.7 Å². The Morgan fingerprint density at radius 1 is 1.40 bits per heavy atom. The lowest BCUT2D eigenvalue weighted by Crippen LogP contribution is -2.24. The highest BCUT2D eigenvalue weighted by molar-refractivity contribution is 7.08. The minimum atomic E-state index is -0.499. The Morgan fingerprint density at radius 3 is 3.00 bits per heavy atom. The van der Waals surface area contributed by atoms with Gasteiger partial charge in [0.05, 0.1) is 16.8 Å². The summed E-state index contributed by atoms with van der Waals surface area (Å²) in [5, 5.41) is 11.5. The van der Waals surface area contributed by atoms with Gasteiger partial charge in [-0.15, -0.1) is 0 Å². The lowest BCUT2D eigenvalue weighted by molar-refractivity contribution is 0.418. The van der Waals surface area contributed by atoms with E-state index in [1.54, 1.807) is 0 Å². The van der Waals surface area contributed by atoms with Gasteiger partial charge in [-0.3, -0.25) is 4.79 Å². The molecule has 0 saturated carbocycles. The fraction of sp³-hybridized carbons (Fsp3) is 0.0909. The predicted octanol–water partition coefficient (Wildman–Crippen LogP) is 2.71. The number of aromatic nitrogens is 4. The van der Waals surface area contributed by atoms with Gasteiger partial charge in [0.2, 0.25) is 0 Å². The molecule has 102 valence electrons. The molecule has 0 amide bonds. The summed E-state index contributed by atoms with van der Waals surface area (Å²) in [7, 11) is 0. The summed E-state index contributed by atoms with van der Waals surface area (Å²) in [6.07, 6.45) is 1.30. The molecule has 6 nitrogen and oxygen atoms in total. The first-order valence-corrected chi connectivity index (χ1v) is 7.11. The normalized spacial score (nSPS) is 10.9. The van der Waals surface area contributed by atoms with Crippen LogP contribution < -0.4 is 5.56 Å². The van der Waals surface area contributed by atoms with Crippen molar-refractivity contribution in [3.63, 3.8) is 0 Å². The molecule has 0 aliphatic heterocycles. The molecule has 0 N–H and O–H groups in total. The Hall–Kier alpha value is -1.70. The van der Waals surface area contributed by atoms with Crippen LogP contribution in [0, 0.1) is 0 Å². The van der Waals surface area contributed by atoms with Crippen molar-refractivity contribution in [1.29, 1.82) is 0 Å². The molecule has 0 radical (unpaired) electrons. The highest BCUT2D eigenvalue weighted by Gasteiger charge is 2.13. The van der Waals surface area contributed by atoms with Crippen LogP contribution in [0.25, 0.3) is 11.5 Å². The van der Waals surface area contributed by atoms with Crippen molar-refractivity contribution in [2.75, 3.05) is 0 Å². The molecule has 20 heavy (non-hydrogen) atoms. The molecule has 9 heteroatoms. The predicted molar refractivity (Wildman–Crippen MR) is 75.2 cm³/mol. The van der Waals surface area contributed by atoms with E-state index < -0.39 is 5.56 Å². The summed E-state index contributed by atoms with van der Waals surface area (Å²) < 4.78 is 6.24. The third-order valence-electron chi connectivity index (χ3n) is 2.47. The van der Waals surface area contributed by atoms with Crippen molar-refractivity contribution in [3.05, 3.63) is 49.2 Å². The second kappa shape index (κ2) is 5.35. The molecule has 0 fully saturated rings. The molecule has 0 unspecified atom stereocenters. The first kappa shape index (κ1) is 13.3. The highest BCUT2D eigenvalue weighted by atomic mass is 35.5. The molecule has 0 bridgehead atoms. The third kappa shape index (κ3) is 2.47. The summed E-state index contributed by atoms with van der Waals surface area (Å²) in [4.78, 5) is 16.0. The Morgan fingerprint density at radius 2 is 2.25 bits per heavy atom. The Bertz CT molecular complexity index is 797. The molecule has 0 spiro atoms. The van der Waals surface area contributed by atoms with E-state index in [1.807, 2.05) is 16.8 Å². The molecular weight excluding hydrogens is 323 g/mol. The topological polar surface area (TPSA) is 73.8 Å². The molecule has 0 aliphatic rings. The van der Waals surface area contributed by atoms with Crippen molar-refractivity contribution < 1.29 is 4.52 Å². The van der Waals surface area contributed by atoms with Crippen molar-refractivity contribution >= 4 is 34.5 Å². The van der Waals surface area contributed by atoms with Gasteiger partial charge in [-0.1, -0.05) is 28.4 Å². The molecule has 3 aromatic rings. The lowest BCUT2D eigenvalue weighted by Gasteiger charge is -2.01. The van der Waals surface area contributed by atoms with Crippen LogP contribution in [0.4, 0.5) is 0 Å². The van der Waals surface area contributed by atoms with Crippen LogP contribution in [-0.4, -0.2) is 19.9 Å². The smallest absolute Gasteiger partial charge is 0.287 e. The molecule has 0 saturated heterocycles. The van der Waals surface area contributed by atoms with Gasteiger partial charge in [-0.05, 0) is 11.4 Å². The minimum absolute atomic E-state index is 0.0589. The average molecular weight is 329 g/mol. The number of halogens is 2. The van der Waals surface area contributed by atoms with Gasteiger partial charge in [0.1, 0.15) is 11.6 Å². The van der Waals surface area contributed by atoms with Crippen molar-refractivity contribution in [3.8, 4) is 11.5 Å². The second-order valence-electron chi connectivity index (χ2n) is 3.80. The van der Waals surface area contributed by atoms with Crippen molar-refractivity contribution in [2.24, 2.45) is 0 Å². The maximum absolute atomic E-state index is 11.8. The van der Waals surface area contributed by atoms with E-state index >= 15 is 0 Å². The monoisotopic (exact) mass is 328 g/mol. The summed E-state index contributed by atoms with van der Waals surface area (Å²) >= 11 is 13.0. The molecular formula is C11H6Cl2N4O2S. The molecule has 3 rings (SSSR count). The number of thiophene rings is 1. The zero-order valence-corrected chi connectivity index (χ0v) is 12.1. The van der Waals surface area contributed by atoms with E-state index in [0.717, 1.165) is 10.2 Å². The summed E-state index contributed by atoms with van der Waals surface area (Å²) in [5.41, 5.74) is 0.337. The first-order valence-electron chi connectivity index (χ1n) is 5.41. The molecule has 0 aliphatic carbocycles. The minimum Gasteiger partial charge on any atom is -0.334 e. The zero-order valence-electron chi connectivity index (χ0n) is 9.79. The van der Waals surface area contributed by atoms with Crippen LogP contribution >= 0.6 is 34.5 Å². The van der Waals surface area contributed by atoms with E-state index in [-0.39, 0.29) is 16.6 Å². The van der Waals surface area contributed by atoms with Gasteiger partial charge in [0.25, 0.3) is 11.4 Å². The van der Waals surface area contributed by atoms with Gasteiger partial charge in [0, 0.05) is 5.38 Å². The largest absolute Gasteiger partial charge is 0.334 e. The fourth-order valence-corrected chi connectivity index (χ4v) is 2.41. The van der Waals surface area contributed by atoms with Crippen LogP contribution in [0.5, 0.6) is 0 Å². The van der Waals surface area contributed by atoms with Crippen LogP contribution in [0.3, 0.4) is 0 Å². The average Bonchev–Trinajstić information content (AvgIpc) is 3.10. The number of nitrogens with zero attached hydrogens (tertiary/aromatic N) is 4. The van der Waals surface area contributed by atoms with Crippen molar-refractivity contribution in [2.45, 2.75) is 6.54 Å².